The topological polar surface area (TPSA) is 59.3 Å². The molecule has 1 amide bonds. The Kier molecular flexibility index (Phi) is 5.22. The Bertz CT molecular complexity index is 1450. The number of hydrazone groups is 1. The molecule has 0 spiro atoms. The summed E-state index contributed by atoms with van der Waals surface area (Å²) in [5.74, 6) is -0.335. The summed E-state index contributed by atoms with van der Waals surface area (Å²) < 4.78 is 2.28. The number of nitrogens with zero attached hydrogens (tertiary/aromatic N) is 3. The number of amides is 1. The molecule has 0 aliphatic rings. The number of benzene rings is 3. The van der Waals surface area contributed by atoms with Gasteiger partial charge in [-0.15, -0.1) is 0 Å². The highest BCUT2D eigenvalue weighted by atomic mass is 16.2. The first-order valence-corrected chi connectivity index (χ1v) is 10.5. The van der Waals surface area contributed by atoms with Gasteiger partial charge in [-0.05, 0) is 30.7 Å². The Balaban J connectivity index is 1.42. The minimum atomic E-state index is -0.335. The molecule has 0 bridgehead atoms. The summed E-state index contributed by atoms with van der Waals surface area (Å²) in [4.78, 5) is 17.0. The molecule has 0 fully saturated rings. The van der Waals surface area contributed by atoms with Crippen molar-refractivity contribution in [2.75, 3.05) is 0 Å². The number of rotatable bonds is 5. The number of hydrogen-bond donors (Lipinski definition) is 1. The Labute approximate surface area is 186 Å². The van der Waals surface area contributed by atoms with E-state index in [2.05, 4.69) is 63.4 Å². The largest absolute Gasteiger partial charge is 0.340 e. The standard InChI is InChI=1S/C27H22N4O/c1-19-23(17-28-30-27(32)25-16-15-21-11-5-7-13-24(21)29-25)22-12-6-8-14-26(22)31(19)18-20-9-3-2-4-10-20/h2-17H,18H2,1H3,(H,30,32). The number of carbonyl (C=O) groups excluding carboxylic acids is 1. The molecule has 0 aliphatic carbocycles. The molecule has 156 valence electrons. The Morgan fingerprint density at radius 3 is 2.56 bits per heavy atom. The molecule has 3 aromatic carbocycles. The van der Waals surface area contributed by atoms with Crippen molar-refractivity contribution in [3.05, 3.63) is 114 Å². The minimum absolute atomic E-state index is 0.335. The van der Waals surface area contributed by atoms with Gasteiger partial charge in [-0.2, -0.15) is 5.10 Å². The van der Waals surface area contributed by atoms with Gasteiger partial charge in [-0.1, -0.05) is 72.8 Å². The smallest absolute Gasteiger partial charge is 0.289 e. The molecular formula is C27H22N4O. The summed E-state index contributed by atoms with van der Waals surface area (Å²) in [6, 6.07) is 29.9. The summed E-state index contributed by atoms with van der Waals surface area (Å²) in [6.07, 6.45) is 1.72. The van der Waals surface area contributed by atoms with E-state index in [9.17, 15) is 4.79 Å². The van der Waals surface area contributed by atoms with Crippen molar-refractivity contribution in [3.8, 4) is 0 Å². The zero-order chi connectivity index (χ0) is 21.9. The van der Waals surface area contributed by atoms with E-state index in [1.807, 2.05) is 48.5 Å². The average Bonchev–Trinajstić information content (AvgIpc) is 3.10. The van der Waals surface area contributed by atoms with Gasteiger partial charge in [0.15, 0.2) is 0 Å². The van der Waals surface area contributed by atoms with Gasteiger partial charge >= 0.3 is 0 Å². The minimum Gasteiger partial charge on any atom is -0.340 e. The van der Waals surface area contributed by atoms with E-state index >= 15 is 0 Å². The number of nitrogens with one attached hydrogen (secondary N) is 1. The number of fused-ring (bicyclic) bond motifs is 2. The van der Waals surface area contributed by atoms with Crippen molar-refractivity contribution in [3.63, 3.8) is 0 Å². The van der Waals surface area contributed by atoms with Gasteiger partial charge in [0.05, 0.1) is 11.7 Å². The maximum absolute atomic E-state index is 12.6. The Hall–Kier alpha value is -4.25. The summed E-state index contributed by atoms with van der Waals surface area (Å²) in [7, 11) is 0. The van der Waals surface area contributed by atoms with E-state index in [4.69, 9.17) is 0 Å². The fourth-order valence-corrected chi connectivity index (χ4v) is 4.00. The van der Waals surface area contributed by atoms with Gasteiger partial charge in [0.2, 0.25) is 0 Å². The van der Waals surface area contributed by atoms with Crippen LogP contribution in [0.3, 0.4) is 0 Å². The van der Waals surface area contributed by atoms with E-state index in [0.29, 0.717) is 5.69 Å². The van der Waals surface area contributed by atoms with Crippen LogP contribution in [0, 0.1) is 6.92 Å². The first-order chi connectivity index (χ1) is 15.7. The van der Waals surface area contributed by atoms with Crippen LogP contribution < -0.4 is 5.43 Å². The average molecular weight is 419 g/mol. The zero-order valence-corrected chi connectivity index (χ0v) is 17.7. The third kappa shape index (κ3) is 3.76. The third-order valence-electron chi connectivity index (χ3n) is 5.65. The molecule has 0 saturated carbocycles. The van der Waals surface area contributed by atoms with E-state index in [0.717, 1.165) is 39.6 Å². The van der Waals surface area contributed by atoms with Crippen LogP contribution in [0.15, 0.2) is 96.1 Å². The molecule has 5 aromatic rings. The summed E-state index contributed by atoms with van der Waals surface area (Å²) in [5.41, 5.74) is 8.19. The van der Waals surface area contributed by atoms with Crippen LogP contribution in [0.25, 0.3) is 21.8 Å². The van der Waals surface area contributed by atoms with Crippen LogP contribution >= 0.6 is 0 Å². The number of aromatic nitrogens is 2. The van der Waals surface area contributed by atoms with Gasteiger partial charge < -0.3 is 4.57 Å². The van der Waals surface area contributed by atoms with E-state index in [-0.39, 0.29) is 5.91 Å². The van der Waals surface area contributed by atoms with Crippen LogP contribution in [0.1, 0.15) is 27.3 Å². The number of pyridine rings is 1. The molecule has 0 unspecified atom stereocenters. The number of hydrogen-bond acceptors (Lipinski definition) is 3. The second-order valence-corrected chi connectivity index (χ2v) is 7.68. The molecule has 0 aliphatic heterocycles. The van der Waals surface area contributed by atoms with E-state index < -0.39 is 0 Å². The van der Waals surface area contributed by atoms with Crippen LogP contribution in [0.4, 0.5) is 0 Å². The van der Waals surface area contributed by atoms with Gasteiger partial charge in [0.1, 0.15) is 5.69 Å². The van der Waals surface area contributed by atoms with E-state index in [1.54, 1.807) is 12.3 Å². The van der Waals surface area contributed by atoms with Gasteiger partial charge in [0.25, 0.3) is 5.91 Å². The SMILES string of the molecule is Cc1c(C=NNC(=O)c2ccc3ccccc3n2)c2ccccc2n1Cc1ccccc1. The fraction of sp³-hybridized carbons (Fsp3) is 0.0741. The lowest BCUT2D eigenvalue weighted by atomic mass is 10.1. The normalized spacial score (nSPS) is 11.4. The first-order valence-electron chi connectivity index (χ1n) is 10.5. The van der Waals surface area contributed by atoms with Crippen LogP contribution in [0.5, 0.6) is 0 Å². The second kappa shape index (κ2) is 8.47. The lowest BCUT2D eigenvalue weighted by Crippen LogP contribution is -2.19. The molecule has 32 heavy (non-hydrogen) atoms. The summed E-state index contributed by atoms with van der Waals surface area (Å²) in [6.45, 7) is 2.85. The molecule has 5 heteroatoms. The quantitative estimate of drug-likeness (QED) is 0.311. The summed E-state index contributed by atoms with van der Waals surface area (Å²) in [5, 5.41) is 6.35. The Morgan fingerprint density at radius 2 is 1.69 bits per heavy atom. The monoisotopic (exact) mass is 418 g/mol. The molecular weight excluding hydrogens is 396 g/mol. The maximum atomic E-state index is 12.6. The number of para-hydroxylation sites is 2. The van der Waals surface area contributed by atoms with Crippen LogP contribution in [0.2, 0.25) is 0 Å². The van der Waals surface area contributed by atoms with Gasteiger partial charge in [0, 0.05) is 34.1 Å². The predicted octanol–water partition coefficient (Wildman–Crippen LogP) is 5.31. The predicted molar refractivity (Wildman–Crippen MR) is 129 cm³/mol. The van der Waals surface area contributed by atoms with Gasteiger partial charge in [-0.3, -0.25) is 4.79 Å². The fourth-order valence-electron chi connectivity index (χ4n) is 4.00. The lowest BCUT2D eigenvalue weighted by molar-refractivity contribution is 0.0950. The lowest BCUT2D eigenvalue weighted by Gasteiger charge is -2.08. The molecule has 0 saturated heterocycles. The van der Waals surface area contributed by atoms with E-state index in [1.165, 1.54) is 5.56 Å². The van der Waals surface area contributed by atoms with Crippen molar-refractivity contribution < 1.29 is 4.79 Å². The number of carbonyl (C=O) groups is 1. The first kappa shape index (κ1) is 19.7. The van der Waals surface area contributed by atoms with Gasteiger partial charge in [-0.25, -0.2) is 10.4 Å². The van der Waals surface area contributed by atoms with Crippen molar-refractivity contribution >= 4 is 33.9 Å². The van der Waals surface area contributed by atoms with Crippen LogP contribution in [-0.2, 0) is 6.54 Å². The van der Waals surface area contributed by atoms with Crippen molar-refractivity contribution in [1.29, 1.82) is 0 Å². The third-order valence-corrected chi connectivity index (χ3v) is 5.65. The van der Waals surface area contributed by atoms with Crippen LogP contribution in [-0.4, -0.2) is 21.7 Å². The van der Waals surface area contributed by atoms with Crippen molar-refractivity contribution in [1.82, 2.24) is 15.0 Å². The molecule has 5 nitrogen and oxygen atoms in total. The molecule has 0 atom stereocenters. The highest BCUT2D eigenvalue weighted by Crippen LogP contribution is 2.25. The maximum Gasteiger partial charge on any atom is 0.289 e. The Morgan fingerprint density at radius 1 is 0.938 bits per heavy atom. The molecule has 0 radical (unpaired) electrons. The molecule has 1 N–H and O–H groups in total. The second-order valence-electron chi connectivity index (χ2n) is 7.68. The zero-order valence-electron chi connectivity index (χ0n) is 17.7. The van der Waals surface area contributed by atoms with Crippen molar-refractivity contribution in [2.24, 2.45) is 5.10 Å². The highest BCUT2D eigenvalue weighted by molar-refractivity contribution is 6.02. The molecule has 2 heterocycles. The molecule has 5 rings (SSSR count). The molecule has 2 aromatic heterocycles. The highest BCUT2D eigenvalue weighted by Gasteiger charge is 2.13. The van der Waals surface area contributed by atoms with Crippen molar-refractivity contribution in [2.45, 2.75) is 13.5 Å². The summed E-state index contributed by atoms with van der Waals surface area (Å²) >= 11 is 0.